The molecule has 0 fully saturated rings. The first-order valence-corrected chi connectivity index (χ1v) is 6.58. The fraction of sp³-hybridized carbons (Fsp3) is 0.333. The zero-order valence-electron chi connectivity index (χ0n) is 11.6. The highest BCUT2D eigenvalue weighted by Gasteiger charge is 2.06. The van der Waals surface area contributed by atoms with E-state index in [0.717, 1.165) is 24.5 Å². The summed E-state index contributed by atoms with van der Waals surface area (Å²) in [4.78, 5) is 8.62. The summed E-state index contributed by atoms with van der Waals surface area (Å²) in [7, 11) is 0. The molecule has 0 saturated carbocycles. The largest absolute Gasteiger partial charge is 0.439 e. The zero-order chi connectivity index (χ0) is 13.7. The Bertz CT molecular complexity index is 555. The first-order chi connectivity index (χ1) is 9.22. The topological polar surface area (TPSA) is 47.0 Å². The van der Waals surface area contributed by atoms with Gasteiger partial charge in [-0.25, -0.2) is 4.98 Å². The van der Waals surface area contributed by atoms with Crippen LogP contribution >= 0.6 is 0 Å². The lowest BCUT2D eigenvalue weighted by Crippen LogP contribution is -2.03. The summed E-state index contributed by atoms with van der Waals surface area (Å²) in [5, 5.41) is 3.17. The van der Waals surface area contributed by atoms with E-state index < -0.39 is 0 Å². The second kappa shape index (κ2) is 6.18. The van der Waals surface area contributed by atoms with E-state index in [0.29, 0.717) is 11.7 Å². The summed E-state index contributed by atoms with van der Waals surface area (Å²) in [6, 6.07) is 9.83. The number of anilines is 1. The minimum atomic E-state index is 0.573. The Labute approximate surface area is 113 Å². The van der Waals surface area contributed by atoms with Crippen LogP contribution in [0.2, 0.25) is 0 Å². The zero-order valence-corrected chi connectivity index (χ0v) is 11.6. The van der Waals surface area contributed by atoms with E-state index in [2.05, 4.69) is 28.3 Å². The number of hydrogen-bond donors (Lipinski definition) is 1. The summed E-state index contributed by atoms with van der Waals surface area (Å²) >= 11 is 0. The quantitative estimate of drug-likeness (QED) is 0.889. The van der Waals surface area contributed by atoms with Gasteiger partial charge in [-0.15, -0.1) is 0 Å². The third-order valence-electron chi connectivity index (χ3n) is 2.74. The smallest absolute Gasteiger partial charge is 0.224 e. The van der Waals surface area contributed by atoms with Crippen LogP contribution in [0.5, 0.6) is 11.6 Å². The number of nitrogens with zero attached hydrogens (tertiary/aromatic N) is 2. The summed E-state index contributed by atoms with van der Waals surface area (Å²) < 4.78 is 5.88. The number of benzene rings is 1. The van der Waals surface area contributed by atoms with Crippen LogP contribution < -0.4 is 10.1 Å². The van der Waals surface area contributed by atoms with E-state index in [1.807, 2.05) is 38.1 Å². The number of hydrogen-bond acceptors (Lipinski definition) is 4. The van der Waals surface area contributed by atoms with Gasteiger partial charge in [0.2, 0.25) is 5.88 Å². The van der Waals surface area contributed by atoms with E-state index in [9.17, 15) is 0 Å². The van der Waals surface area contributed by atoms with Crippen LogP contribution in [-0.4, -0.2) is 16.5 Å². The van der Waals surface area contributed by atoms with Crippen molar-refractivity contribution in [3.05, 3.63) is 41.7 Å². The molecule has 1 heterocycles. The van der Waals surface area contributed by atoms with Crippen LogP contribution in [0.1, 0.15) is 25.2 Å². The number of aromatic nitrogens is 2. The maximum atomic E-state index is 5.88. The fourth-order valence-electron chi connectivity index (χ4n) is 1.87. The Hall–Kier alpha value is -2.10. The van der Waals surface area contributed by atoms with E-state index >= 15 is 0 Å². The normalized spacial score (nSPS) is 10.3. The monoisotopic (exact) mass is 257 g/mol. The lowest BCUT2D eigenvalue weighted by molar-refractivity contribution is 0.455. The van der Waals surface area contributed by atoms with Crippen LogP contribution in [0.4, 0.5) is 5.82 Å². The highest BCUT2D eigenvalue weighted by Crippen LogP contribution is 2.25. The number of ether oxygens (including phenoxy) is 1. The highest BCUT2D eigenvalue weighted by atomic mass is 16.5. The Balaban J connectivity index is 2.27. The second-order valence-electron chi connectivity index (χ2n) is 4.23. The van der Waals surface area contributed by atoms with Crippen molar-refractivity contribution in [2.75, 3.05) is 11.9 Å². The molecule has 1 aromatic heterocycles. The summed E-state index contributed by atoms with van der Waals surface area (Å²) in [5.74, 6) is 2.91. The van der Waals surface area contributed by atoms with Crippen molar-refractivity contribution >= 4 is 5.82 Å². The van der Waals surface area contributed by atoms with Gasteiger partial charge in [-0.05, 0) is 31.9 Å². The second-order valence-corrected chi connectivity index (χ2v) is 4.23. The predicted octanol–water partition coefficient (Wildman–Crippen LogP) is 3.57. The van der Waals surface area contributed by atoms with E-state index in [-0.39, 0.29) is 0 Å². The van der Waals surface area contributed by atoms with Gasteiger partial charge in [0, 0.05) is 12.6 Å². The van der Waals surface area contributed by atoms with Crippen molar-refractivity contribution in [2.45, 2.75) is 27.2 Å². The van der Waals surface area contributed by atoms with Gasteiger partial charge < -0.3 is 10.1 Å². The van der Waals surface area contributed by atoms with Gasteiger partial charge in [0.15, 0.2) is 0 Å². The molecule has 0 aliphatic heterocycles. The first-order valence-electron chi connectivity index (χ1n) is 6.58. The molecule has 0 atom stereocenters. The molecule has 0 saturated heterocycles. The van der Waals surface area contributed by atoms with Crippen LogP contribution in [0.15, 0.2) is 30.3 Å². The van der Waals surface area contributed by atoms with Gasteiger partial charge in [-0.2, -0.15) is 4.98 Å². The molecule has 4 heteroatoms. The van der Waals surface area contributed by atoms with Crippen LogP contribution in [0.25, 0.3) is 0 Å². The van der Waals surface area contributed by atoms with Crippen molar-refractivity contribution in [1.29, 1.82) is 0 Å². The lowest BCUT2D eigenvalue weighted by Gasteiger charge is -2.11. The van der Waals surface area contributed by atoms with Crippen LogP contribution in [0.3, 0.4) is 0 Å². The van der Waals surface area contributed by atoms with Crippen LogP contribution in [-0.2, 0) is 6.42 Å². The maximum Gasteiger partial charge on any atom is 0.224 e. The van der Waals surface area contributed by atoms with Gasteiger partial charge >= 0.3 is 0 Å². The van der Waals surface area contributed by atoms with Gasteiger partial charge in [-0.3, -0.25) is 0 Å². The summed E-state index contributed by atoms with van der Waals surface area (Å²) in [5.41, 5.74) is 1.17. The molecule has 0 aliphatic rings. The molecule has 100 valence electrons. The van der Waals surface area contributed by atoms with Gasteiger partial charge in [0.25, 0.3) is 0 Å². The number of aryl methyl sites for hydroxylation is 2. The Morgan fingerprint density at radius 1 is 1.16 bits per heavy atom. The average Bonchev–Trinajstić information content (AvgIpc) is 2.39. The van der Waals surface area contributed by atoms with E-state index in [1.165, 1.54) is 5.56 Å². The van der Waals surface area contributed by atoms with Crippen molar-refractivity contribution in [2.24, 2.45) is 0 Å². The Kier molecular flexibility index (Phi) is 4.34. The molecule has 2 aromatic rings. The van der Waals surface area contributed by atoms with E-state index in [4.69, 9.17) is 4.74 Å². The number of nitrogens with one attached hydrogen (secondary N) is 1. The molecule has 0 amide bonds. The molecule has 0 aliphatic carbocycles. The summed E-state index contributed by atoms with van der Waals surface area (Å²) in [6.07, 6.45) is 0.931. The maximum absolute atomic E-state index is 5.88. The van der Waals surface area contributed by atoms with Crippen molar-refractivity contribution in [3.63, 3.8) is 0 Å². The molecular weight excluding hydrogens is 238 g/mol. The molecule has 4 nitrogen and oxygen atoms in total. The van der Waals surface area contributed by atoms with Gasteiger partial charge in [0.05, 0.1) is 0 Å². The van der Waals surface area contributed by atoms with Crippen LogP contribution in [0, 0.1) is 6.92 Å². The van der Waals surface area contributed by atoms with Crippen molar-refractivity contribution < 1.29 is 4.74 Å². The lowest BCUT2D eigenvalue weighted by atomic mass is 10.1. The average molecular weight is 257 g/mol. The minimum Gasteiger partial charge on any atom is -0.439 e. The molecule has 0 bridgehead atoms. The van der Waals surface area contributed by atoms with Crippen molar-refractivity contribution in [1.82, 2.24) is 9.97 Å². The third-order valence-corrected chi connectivity index (χ3v) is 2.74. The molecule has 1 N–H and O–H groups in total. The molecular formula is C15H19N3O. The molecule has 0 spiro atoms. The molecule has 0 radical (unpaired) electrons. The van der Waals surface area contributed by atoms with E-state index in [1.54, 1.807) is 0 Å². The number of rotatable bonds is 5. The molecule has 19 heavy (non-hydrogen) atoms. The minimum absolute atomic E-state index is 0.573. The predicted molar refractivity (Wildman–Crippen MR) is 76.8 cm³/mol. The highest BCUT2D eigenvalue weighted by molar-refractivity contribution is 5.41. The van der Waals surface area contributed by atoms with Gasteiger partial charge in [-0.1, -0.05) is 25.1 Å². The van der Waals surface area contributed by atoms with Crippen molar-refractivity contribution in [3.8, 4) is 11.6 Å². The Morgan fingerprint density at radius 3 is 2.68 bits per heavy atom. The number of para-hydroxylation sites is 1. The Morgan fingerprint density at radius 2 is 1.95 bits per heavy atom. The standard InChI is InChI=1S/C15H19N3O/c1-4-12-8-6-7-9-13(12)19-15-10-14(16-5-2)17-11(3)18-15/h6-10H,4-5H2,1-3H3,(H,16,17,18). The molecule has 1 aromatic carbocycles. The SMILES string of the molecule is CCNc1cc(Oc2ccccc2CC)nc(C)n1. The first kappa shape index (κ1) is 13.3. The third kappa shape index (κ3) is 3.44. The molecule has 0 unspecified atom stereocenters. The molecule has 2 rings (SSSR count). The van der Waals surface area contributed by atoms with Gasteiger partial charge in [0.1, 0.15) is 17.4 Å². The summed E-state index contributed by atoms with van der Waals surface area (Å²) in [6.45, 7) is 6.82. The fourth-order valence-corrected chi connectivity index (χ4v) is 1.87.